The Balaban J connectivity index is 1.51. The molecule has 0 spiro atoms. The number of unbranched alkanes of at least 4 members (excludes halogenated alkanes) is 1. The highest BCUT2D eigenvalue weighted by Crippen LogP contribution is 2.19. The van der Waals surface area contributed by atoms with Crippen molar-refractivity contribution in [2.45, 2.75) is 76.4 Å². The molecule has 0 unspecified atom stereocenters. The zero-order chi connectivity index (χ0) is 20.0. The molecule has 0 atom stereocenters. The van der Waals surface area contributed by atoms with Crippen LogP contribution in [0.25, 0.3) is 0 Å². The molecule has 1 saturated heterocycles. The molecule has 1 aliphatic carbocycles. The number of carbonyl (C=O) groups is 1. The van der Waals surface area contributed by atoms with Crippen LogP contribution in [0.15, 0.2) is 4.99 Å². The summed E-state index contributed by atoms with van der Waals surface area (Å²) in [5.41, 5.74) is 0. The lowest BCUT2D eigenvalue weighted by Crippen LogP contribution is -2.50. The predicted molar refractivity (Wildman–Crippen MR) is 115 cm³/mol. The van der Waals surface area contributed by atoms with Gasteiger partial charge in [-0.15, -0.1) is 0 Å². The fraction of sp³-hybridized carbons (Fsp3) is 0.905. The van der Waals surface area contributed by atoms with E-state index >= 15 is 0 Å². The van der Waals surface area contributed by atoms with Crippen molar-refractivity contribution in [2.24, 2.45) is 4.99 Å². The molecule has 1 heterocycles. The lowest BCUT2D eigenvalue weighted by molar-refractivity contribution is -0.122. The van der Waals surface area contributed by atoms with E-state index < -0.39 is 0 Å². The second-order valence-electron chi connectivity index (χ2n) is 8.06. The van der Waals surface area contributed by atoms with E-state index in [1.54, 1.807) is 7.05 Å². The number of likely N-dealkylation sites (N-methyl/N-ethyl adjacent to an activating group) is 1. The Morgan fingerprint density at radius 3 is 2.43 bits per heavy atom. The van der Waals surface area contributed by atoms with Crippen LogP contribution in [0, 0.1) is 0 Å². The molecule has 28 heavy (non-hydrogen) atoms. The van der Waals surface area contributed by atoms with Crippen LogP contribution in [0.2, 0.25) is 0 Å². The molecule has 0 aromatic carbocycles. The first-order valence-corrected chi connectivity index (χ1v) is 11.2. The number of aliphatic imine (C=N–C) groups is 1. The number of hydrogen-bond acceptors (Lipinski definition) is 4. The van der Waals surface area contributed by atoms with Gasteiger partial charge in [0.15, 0.2) is 5.96 Å². The standard InChI is InChI=1S/C21H41N5O2/c1-22-20(27)17-26-14-11-18(12-15-26)25-21(23-2)24-13-7-8-16-28-19-9-5-3-4-6-10-19/h18-19H,3-17H2,1-2H3,(H,22,27)(H2,23,24,25). The maximum atomic E-state index is 11.5. The van der Waals surface area contributed by atoms with Crippen LogP contribution in [0.4, 0.5) is 0 Å². The molecule has 7 heteroatoms. The van der Waals surface area contributed by atoms with Crippen molar-refractivity contribution in [2.75, 3.05) is 46.9 Å². The Morgan fingerprint density at radius 2 is 1.79 bits per heavy atom. The van der Waals surface area contributed by atoms with Crippen molar-refractivity contribution >= 4 is 11.9 Å². The van der Waals surface area contributed by atoms with Gasteiger partial charge < -0.3 is 20.7 Å². The van der Waals surface area contributed by atoms with Crippen molar-refractivity contribution in [1.82, 2.24) is 20.9 Å². The third-order valence-electron chi connectivity index (χ3n) is 5.82. The Labute approximate surface area is 171 Å². The number of nitrogens with one attached hydrogen (secondary N) is 3. The van der Waals surface area contributed by atoms with Crippen LogP contribution in [-0.2, 0) is 9.53 Å². The number of ether oxygens (including phenoxy) is 1. The zero-order valence-electron chi connectivity index (χ0n) is 18.0. The third kappa shape index (κ3) is 9.24. The number of rotatable bonds is 9. The first-order valence-electron chi connectivity index (χ1n) is 11.2. The van der Waals surface area contributed by atoms with Gasteiger partial charge in [0.25, 0.3) is 0 Å². The summed E-state index contributed by atoms with van der Waals surface area (Å²) >= 11 is 0. The Bertz CT molecular complexity index is 456. The van der Waals surface area contributed by atoms with Gasteiger partial charge in [-0.05, 0) is 38.5 Å². The number of amides is 1. The molecule has 1 saturated carbocycles. The molecule has 162 valence electrons. The Morgan fingerprint density at radius 1 is 1.07 bits per heavy atom. The number of carbonyl (C=O) groups excluding carboxylic acids is 1. The highest BCUT2D eigenvalue weighted by atomic mass is 16.5. The summed E-state index contributed by atoms with van der Waals surface area (Å²) < 4.78 is 6.06. The minimum atomic E-state index is 0.0897. The van der Waals surface area contributed by atoms with Gasteiger partial charge in [-0.25, -0.2) is 0 Å². The van der Waals surface area contributed by atoms with Crippen molar-refractivity contribution in [3.05, 3.63) is 0 Å². The maximum Gasteiger partial charge on any atom is 0.233 e. The molecular weight excluding hydrogens is 354 g/mol. The van der Waals surface area contributed by atoms with Gasteiger partial charge in [0.1, 0.15) is 0 Å². The highest BCUT2D eigenvalue weighted by Gasteiger charge is 2.21. The van der Waals surface area contributed by atoms with Crippen molar-refractivity contribution < 1.29 is 9.53 Å². The number of likely N-dealkylation sites (tertiary alicyclic amines) is 1. The van der Waals surface area contributed by atoms with E-state index in [-0.39, 0.29) is 5.91 Å². The van der Waals surface area contributed by atoms with Crippen LogP contribution in [0.3, 0.4) is 0 Å². The molecule has 2 rings (SSSR count). The van der Waals surface area contributed by atoms with Gasteiger partial charge in [-0.1, -0.05) is 25.7 Å². The normalized spacial score (nSPS) is 20.6. The van der Waals surface area contributed by atoms with Crippen molar-refractivity contribution in [1.29, 1.82) is 0 Å². The summed E-state index contributed by atoms with van der Waals surface area (Å²) in [4.78, 5) is 18.0. The number of nitrogens with zero attached hydrogens (tertiary/aromatic N) is 2. The fourth-order valence-electron chi connectivity index (χ4n) is 4.00. The zero-order valence-corrected chi connectivity index (χ0v) is 18.0. The van der Waals surface area contributed by atoms with E-state index in [0.29, 0.717) is 18.7 Å². The molecule has 0 aromatic rings. The second-order valence-corrected chi connectivity index (χ2v) is 8.06. The monoisotopic (exact) mass is 395 g/mol. The smallest absolute Gasteiger partial charge is 0.233 e. The maximum absolute atomic E-state index is 11.5. The van der Waals surface area contributed by atoms with Crippen LogP contribution < -0.4 is 16.0 Å². The molecule has 1 amide bonds. The van der Waals surface area contributed by atoms with Crippen molar-refractivity contribution in [3.8, 4) is 0 Å². The first-order chi connectivity index (χ1) is 13.7. The molecule has 7 nitrogen and oxygen atoms in total. The molecule has 0 radical (unpaired) electrons. The van der Waals surface area contributed by atoms with E-state index in [9.17, 15) is 4.79 Å². The molecular formula is C21H41N5O2. The predicted octanol–water partition coefficient (Wildman–Crippen LogP) is 1.88. The van der Waals surface area contributed by atoms with Gasteiger partial charge >= 0.3 is 0 Å². The molecule has 1 aliphatic heterocycles. The lowest BCUT2D eigenvalue weighted by Gasteiger charge is -2.32. The minimum Gasteiger partial charge on any atom is -0.378 e. The van der Waals surface area contributed by atoms with E-state index in [2.05, 4.69) is 25.8 Å². The second kappa shape index (κ2) is 13.8. The fourth-order valence-corrected chi connectivity index (χ4v) is 4.00. The summed E-state index contributed by atoms with van der Waals surface area (Å²) in [7, 11) is 3.51. The number of guanidine groups is 1. The van der Waals surface area contributed by atoms with Gasteiger partial charge in [0.05, 0.1) is 12.6 Å². The van der Waals surface area contributed by atoms with Crippen molar-refractivity contribution in [3.63, 3.8) is 0 Å². The van der Waals surface area contributed by atoms with Crippen LogP contribution >= 0.6 is 0 Å². The SMILES string of the molecule is CN=C(NCCCCOC1CCCCCC1)NC1CCN(CC(=O)NC)CC1. The van der Waals surface area contributed by atoms with Crippen LogP contribution in [-0.4, -0.2) is 75.8 Å². The molecule has 2 fully saturated rings. The molecule has 3 N–H and O–H groups in total. The van der Waals surface area contributed by atoms with Gasteiger partial charge in [-0.2, -0.15) is 0 Å². The van der Waals surface area contributed by atoms with Crippen LogP contribution in [0.5, 0.6) is 0 Å². The third-order valence-corrected chi connectivity index (χ3v) is 5.82. The van der Waals surface area contributed by atoms with E-state index in [0.717, 1.165) is 57.9 Å². The number of piperidine rings is 1. The van der Waals surface area contributed by atoms with Gasteiger partial charge in [0.2, 0.25) is 5.91 Å². The summed E-state index contributed by atoms with van der Waals surface area (Å²) in [6.07, 6.45) is 12.7. The quantitative estimate of drug-likeness (QED) is 0.240. The average Bonchev–Trinajstić information content (AvgIpc) is 2.99. The summed E-state index contributed by atoms with van der Waals surface area (Å²) in [6.45, 7) is 4.19. The topological polar surface area (TPSA) is 78.0 Å². The van der Waals surface area contributed by atoms with E-state index in [4.69, 9.17) is 4.74 Å². The molecule has 2 aliphatic rings. The van der Waals surface area contributed by atoms with Gasteiger partial charge in [0, 0.05) is 46.4 Å². The average molecular weight is 396 g/mol. The summed E-state index contributed by atoms with van der Waals surface area (Å²) in [6, 6.07) is 0.422. The minimum absolute atomic E-state index is 0.0897. The van der Waals surface area contributed by atoms with E-state index in [1.807, 2.05) is 7.05 Å². The lowest BCUT2D eigenvalue weighted by atomic mass is 10.1. The molecule has 0 bridgehead atoms. The summed E-state index contributed by atoms with van der Waals surface area (Å²) in [5.74, 6) is 0.973. The Kier molecular flexibility index (Phi) is 11.3. The van der Waals surface area contributed by atoms with E-state index in [1.165, 1.54) is 38.5 Å². The largest absolute Gasteiger partial charge is 0.378 e. The highest BCUT2D eigenvalue weighted by molar-refractivity contribution is 5.80. The first kappa shape index (κ1) is 22.9. The summed E-state index contributed by atoms with van der Waals surface area (Å²) in [5, 5.41) is 9.64. The Hall–Kier alpha value is -1.34. The number of hydrogen-bond donors (Lipinski definition) is 3. The molecule has 0 aromatic heterocycles. The van der Waals surface area contributed by atoms with Gasteiger partial charge in [-0.3, -0.25) is 14.7 Å². The van der Waals surface area contributed by atoms with Crippen LogP contribution in [0.1, 0.15) is 64.2 Å².